The molecule has 3 N–H and O–H groups in total. The monoisotopic (exact) mass is 295 g/mol. The van der Waals surface area contributed by atoms with Crippen LogP contribution in [0.4, 0.5) is 5.69 Å². The number of carbonyl (C=O) groups is 1. The Labute approximate surface area is 122 Å². The van der Waals surface area contributed by atoms with E-state index in [1.165, 1.54) is 0 Å². The molecule has 1 heterocycles. The molecule has 0 spiro atoms. The summed E-state index contributed by atoms with van der Waals surface area (Å²) in [5, 5.41) is 2.90. The van der Waals surface area contributed by atoms with Crippen molar-refractivity contribution in [2.24, 2.45) is 5.73 Å². The molecule has 1 atom stereocenters. The van der Waals surface area contributed by atoms with Crippen molar-refractivity contribution in [2.45, 2.75) is 19.5 Å². The van der Waals surface area contributed by atoms with Crippen LogP contribution in [0.5, 0.6) is 0 Å². The summed E-state index contributed by atoms with van der Waals surface area (Å²) in [7, 11) is -0.718. The number of amides is 1. The summed E-state index contributed by atoms with van der Waals surface area (Å²) in [4.78, 5) is 14.3. The van der Waals surface area contributed by atoms with Gasteiger partial charge in [0.1, 0.15) is 0 Å². The van der Waals surface area contributed by atoms with Gasteiger partial charge in [0, 0.05) is 47.6 Å². The Morgan fingerprint density at radius 2 is 1.95 bits per heavy atom. The van der Waals surface area contributed by atoms with Gasteiger partial charge in [-0.15, -0.1) is 0 Å². The molecule has 1 aromatic rings. The normalized spacial score (nSPS) is 18.7. The lowest BCUT2D eigenvalue weighted by Gasteiger charge is -2.31. The highest BCUT2D eigenvalue weighted by Crippen LogP contribution is 2.12. The van der Waals surface area contributed by atoms with Crippen LogP contribution in [0.3, 0.4) is 0 Å². The van der Waals surface area contributed by atoms with Gasteiger partial charge in [-0.25, -0.2) is 0 Å². The number of benzene rings is 1. The van der Waals surface area contributed by atoms with Gasteiger partial charge in [0.15, 0.2) is 0 Å². The van der Waals surface area contributed by atoms with Crippen molar-refractivity contribution in [1.29, 1.82) is 0 Å². The van der Waals surface area contributed by atoms with E-state index >= 15 is 0 Å². The van der Waals surface area contributed by atoms with Gasteiger partial charge in [-0.3, -0.25) is 13.9 Å². The maximum absolute atomic E-state index is 12.2. The van der Waals surface area contributed by atoms with Crippen LogP contribution in [0.1, 0.15) is 12.5 Å². The fraction of sp³-hybridized carbons (Fsp3) is 0.500. The molecule has 6 heteroatoms. The second-order valence-electron chi connectivity index (χ2n) is 4.95. The van der Waals surface area contributed by atoms with E-state index in [4.69, 9.17) is 5.73 Å². The molecule has 20 heavy (non-hydrogen) atoms. The second kappa shape index (κ2) is 6.97. The average molecular weight is 295 g/mol. The molecule has 1 aromatic carbocycles. The van der Waals surface area contributed by atoms with Gasteiger partial charge < -0.3 is 11.1 Å². The van der Waals surface area contributed by atoms with Crippen molar-refractivity contribution in [3.05, 3.63) is 29.8 Å². The molecule has 0 aromatic heterocycles. The number of anilines is 1. The summed E-state index contributed by atoms with van der Waals surface area (Å²) in [5.41, 5.74) is 7.35. The standard InChI is InChI=1S/C14H21N3O2S/c1-11(17-6-8-20(19)9-7-17)14(18)16-13-4-2-12(10-15)3-5-13/h2-5,11H,6-10,15H2,1H3,(H,16,18). The first kappa shape index (κ1) is 15.2. The van der Waals surface area contributed by atoms with Gasteiger partial charge in [-0.05, 0) is 24.6 Å². The Balaban J connectivity index is 1.91. The van der Waals surface area contributed by atoms with Crippen LogP contribution in [0.15, 0.2) is 24.3 Å². The third-order valence-electron chi connectivity index (χ3n) is 3.60. The molecule has 1 aliphatic rings. The molecule has 2 rings (SSSR count). The highest BCUT2D eigenvalue weighted by atomic mass is 32.2. The summed E-state index contributed by atoms with van der Waals surface area (Å²) in [6, 6.07) is 7.33. The van der Waals surface area contributed by atoms with E-state index in [0.29, 0.717) is 31.1 Å². The first-order chi connectivity index (χ1) is 9.60. The zero-order valence-corrected chi connectivity index (χ0v) is 12.5. The smallest absolute Gasteiger partial charge is 0.241 e. The van der Waals surface area contributed by atoms with Crippen molar-refractivity contribution >= 4 is 22.4 Å². The molecule has 1 fully saturated rings. The quantitative estimate of drug-likeness (QED) is 0.850. The summed E-state index contributed by atoms with van der Waals surface area (Å²) < 4.78 is 11.3. The predicted molar refractivity (Wildman–Crippen MR) is 81.9 cm³/mol. The van der Waals surface area contributed by atoms with E-state index in [9.17, 15) is 9.00 Å². The van der Waals surface area contributed by atoms with E-state index in [1.807, 2.05) is 31.2 Å². The van der Waals surface area contributed by atoms with E-state index in [0.717, 1.165) is 11.3 Å². The van der Waals surface area contributed by atoms with Gasteiger partial charge in [-0.2, -0.15) is 0 Å². The molecule has 1 aliphatic heterocycles. The minimum atomic E-state index is -0.718. The predicted octanol–water partition coefficient (Wildman–Crippen LogP) is 0.537. The lowest BCUT2D eigenvalue weighted by Crippen LogP contribution is -2.48. The molecule has 0 radical (unpaired) electrons. The average Bonchev–Trinajstić information content (AvgIpc) is 2.48. The number of rotatable bonds is 4. The summed E-state index contributed by atoms with van der Waals surface area (Å²) in [6.07, 6.45) is 0. The Morgan fingerprint density at radius 3 is 2.50 bits per heavy atom. The fourth-order valence-electron chi connectivity index (χ4n) is 2.18. The molecular formula is C14H21N3O2S. The van der Waals surface area contributed by atoms with Crippen LogP contribution in [-0.2, 0) is 22.1 Å². The minimum absolute atomic E-state index is 0.0295. The largest absolute Gasteiger partial charge is 0.326 e. The lowest BCUT2D eigenvalue weighted by atomic mass is 10.2. The van der Waals surface area contributed by atoms with E-state index in [2.05, 4.69) is 10.2 Å². The zero-order chi connectivity index (χ0) is 14.5. The molecule has 0 bridgehead atoms. The minimum Gasteiger partial charge on any atom is -0.326 e. The molecule has 1 amide bonds. The van der Waals surface area contributed by atoms with Crippen molar-refractivity contribution in [2.75, 3.05) is 29.9 Å². The molecule has 1 unspecified atom stereocenters. The van der Waals surface area contributed by atoms with Crippen LogP contribution in [0.25, 0.3) is 0 Å². The SMILES string of the molecule is CC(C(=O)Nc1ccc(CN)cc1)N1CCS(=O)CC1. The van der Waals surface area contributed by atoms with E-state index < -0.39 is 10.8 Å². The lowest BCUT2D eigenvalue weighted by molar-refractivity contribution is -0.120. The Morgan fingerprint density at radius 1 is 1.35 bits per heavy atom. The molecule has 1 saturated heterocycles. The Kier molecular flexibility index (Phi) is 5.28. The van der Waals surface area contributed by atoms with Crippen molar-refractivity contribution in [1.82, 2.24) is 4.90 Å². The Hall–Kier alpha value is -1.24. The fourth-order valence-corrected chi connectivity index (χ4v) is 3.26. The van der Waals surface area contributed by atoms with E-state index in [-0.39, 0.29) is 11.9 Å². The number of hydrogen-bond donors (Lipinski definition) is 2. The van der Waals surface area contributed by atoms with Gasteiger partial charge in [0.2, 0.25) is 5.91 Å². The van der Waals surface area contributed by atoms with E-state index in [1.54, 1.807) is 0 Å². The molecule has 5 nitrogen and oxygen atoms in total. The van der Waals surface area contributed by atoms with Crippen LogP contribution in [-0.4, -0.2) is 45.7 Å². The van der Waals surface area contributed by atoms with Gasteiger partial charge in [-0.1, -0.05) is 12.1 Å². The summed E-state index contributed by atoms with van der Waals surface area (Å²) in [5.74, 6) is 1.28. The highest BCUT2D eigenvalue weighted by molar-refractivity contribution is 7.85. The Bertz CT molecular complexity index is 480. The number of carbonyl (C=O) groups excluding carboxylic acids is 1. The molecule has 0 saturated carbocycles. The van der Waals surface area contributed by atoms with Gasteiger partial charge in [0.25, 0.3) is 0 Å². The van der Waals surface area contributed by atoms with Gasteiger partial charge >= 0.3 is 0 Å². The van der Waals surface area contributed by atoms with Crippen LogP contribution in [0.2, 0.25) is 0 Å². The number of nitrogens with zero attached hydrogens (tertiary/aromatic N) is 1. The van der Waals surface area contributed by atoms with Crippen LogP contribution >= 0.6 is 0 Å². The molecular weight excluding hydrogens is 274 g/mol. The third-order valence-corrected chi connectivity index (χ3v) is 4.87. The van der Waals surface area contributed by atoms with Crippen molar-refractivity contribution in [3.8, 4) is 0 Å². The molecule has 0 aliphatic carbocycles. The summed E-state index contributed by atoms with van der Waals surface area (Å²) in [6.45, 7) is 3.81. The van der Waals surface area contributed by atoms with Crippen molar-refractivity contribution < 1.29 is 9.00 Å². The first-order valence-electron chi connectivity index (χ1n) is 6.79. The number of nitrogens with one attached hydrogen (secondary N) is 1. The van der Waals surface area contributed by atoms with Crippen molar-refractivity contribution in [3.63, 3.8) is 0 Å². The van der Waals surface area contributed by atoms with Crippen LogP contribution in [0, 0.1) is 0 Å². The second-order valence-corrected chi connectivity index (χ2v) is 6.65. The number of hydrogen-bond acceptors (Lipinski definition) is 4. The maximum Gasteiger partial charge on any atom is 0.241 e. The molecule has 110 valence electrons. The topological polar surface area (TPSA) is 75.4 Å². The maximum atomic E-state index is 12.2. The first-order valence-corrected chi connectivity index (χ1v) is 8.28. The third kappa shape index (κ3) is 3.88. The summed E-state index contributed by atoms with van der Waals surface area (Å²) >= 11 is 0. The highest BCUT2D eigenvalue weighted by Gasteiger charge is 2.24. The zero-order valence-electron chi connectivity index (χ0n) is 11.7. The van der Waals surface area contributed by atoms with Crippen LogP contribution < -0.4 is 11.1 Å². The number of nitrogens with two attached hydrogens (primary N) is 1. The van der Waals surface area contributed by atoms with Gasteiger partial charge in [0.05, 0.1) is 6.04 Å².